The van der Waals surface area contributed by atoms with E-state index in [2.05, 4.69) is 5.32 Å². The van der Waals surface area contributed by atoms with Crippen molar-refractivity contribution < 1.29 is 27.1 Å². The molecule has 4 aromatic rings. The van der Waals surface area contributed by atoms with E-state index in [1.807, 2.05) is 25.1 Å². The lowest BCUT2D eigenvalue weighted by Crippen LogP contribution is -2.51. The number of ether oxygens (including phenoxy) is 1. The standard InChI is InChI=1S/C33H34FN3O5S/c1-3-22-35-33(39)25(2)36(23-26-14-16-27(34)17-15-26)32(38)24-37(43(40,41)31-12-8-5-9-13-31)28-18-20-30(21-19-28)42-29-10-6-4-7-11-29/h4-21,25H,3,22-24H2,1-2H3,(H,35,39)/t25-/m1/s1. The number of carbonyl (C=O) groups is 2. The number of hydrogen-bond donors (Lipinski definition) is 1. The molecule has 0 heterocycles. The molecule has 0 aliphatic rings. The number of amides is 2. The summed E-state index contributed by atoms with van der Waals surface area (Å²) in [5.41, 5.74) is 0.826. The van der Waals surface area contributed by atoms with E-state index in [1.54, 1.807) is 61.5 Å². The number of carbonyl (C=O) groups excluding carboxylic acids is 2. The van der Waals surface area contributed by atoms with Crippen molar-refractivity contribution in [2.24, 2.45) is 0 Å². The Balaban J connectivity index is 1.68. The second kappa shape index (κ2) is 14.5. The number of rotatable bonds is 13. The summed E-state index contributed by atoms with van der Waals surface area (Å²) < 4.78 is 48.3. The van der Waals surface area contributed by atoms with E-state index in [0.717, 1.165) is 4.31 Å². The van der Waals surface area contributed by atoms with Crippen molar-refractivity contribution in [3.05, 3.63) is 121 Å². The van der Waals surface area contributed by atoms with E-state index in [4.69, 9.17) is 4.74 Å². The summed E-state index contributed by atoms with van der Waals surface area (Å²) in [7, 11) is -4.20. The third-order valence-electron chi connectivity index (χ3n) is 6.70. The Hall–Kier alpha value is -4.70. The van der Waals surface area contributed by atoms with Crippen LogP contribution in [-0.2, 0) is 26.2 Å². The topological polar surface area (TPSA) is 96.0 Å². The molecule has 0 spiro atoms. The molecule has 0 radical (unpaired) electrons. The summed E-state index contributed by atoms with van der Waals surface area (Å²) in [6, 6.07) is 28.0. The van der Waals surface area contributed by atoms with Gasteiger partial charge >= 0.3 is 0 Å². The summed E-state index contributed by atoms with van der Waals surface area (Å²) in [5, 5.41) is 2.79. The quantitative estimate of drug-likeness (QED) is 0.210. The lowest BCUT2D eigenvalue weighted by atomic mass is 10.1. The third kappa shape index (κ3) is 8.20. The number of benzene rings is 4. The molecule has 0 saturated carbocycles. The van der Waals surface area contributed by atoms with Gasteiger partial charge in [0, 0.05) is 13.1 Å². The largest absolute Gasteiger partial charge is 0.457 e. The first-order valence-corrected chi connectivity index (χ1v) is 15.4. The molecular formula is C33H34FN3O5S. The predicted octanol–water partition coefficient (Wildman–Crippen LogP) is 5.76. The SMILES string of the molecule is CCCNC(=O)[C@@H](C)N(Cc1ccc(F)cc1)C(=O)CN(c1ccc(Oc2ccccc2)cc1)S(=O)(=O)c1ccccc1. The Labute approximate surface area is 251 Å². The highest BCUT2D eigenvalue weighted by Gasteiger charge is 2.32. The molecular weight excluding hydrogens is 569 g/mol. The molecule has 0 aliphatic heterocycles. The number of hydrogen-bond acceptors (Lipinski definition) is 5. The van der Waals surface area contributed by atoms with Gasteiger partial charge in [0.05, 0.1) is 10.6 Å². The van der Waals surface area contributed by atoms with Crippen LogP contribution >= 0.6 is 0 Å². The van der Waals surface area contributed by atoms with Crippen LogP contribution in [0, 0.1) is 5.82 Å². The molecule has 2 amide bonds. The lowest BCUT2D eigenvalue weighted by Gasteiger charge is -2.32. The highest BCUT2D eigenvalue weighted by molar-refractivity contribution is 7.92. The second-order valence-corrected chi connectivity index (χ2v) is 11.7. The number of nitrogens with one attached hydrogen (secondary N) is 1. The monoisotopic (exact) mass is 603 g/mol. The predicted molar refractivity (Wildman–Crippen MR) is 164 cm³/mol. The Bertz CT molecular complexity index is 1600. The summed E-state index contributed by atoms with van der Waals surface area (Å²) in [6.07, 6.45) is 0.706. The first-order valence-electron chi connectivity index (χ1n) is 13.9. The van der Waals surface area contributed by atoms with E-state index in [9.17, 15) is 22.4 Å². The first-order chi connectivity index (χ1) is 20.7. The molecule has 43 heavy (non-hydrogen) atoms. The molecule has 4 rings (SSSR count). The number of para-hydroxylation sites is 1. The fourth-order valence-corrected chi connectivity index (χ4v) is 5.75. The van der Waals surface area contributed by atoms with Crippen LogP contribution in [0.1, 0.15) is 25.8 Å². The Morgan fingerprint density at radius 2 is 1.42 bits per heavy atom. The minimum Gasteiger partial charge on any atom is -0.457 e. The zero-order valence-electron chi connectivity index (χ0n) is 24.0. The van der Waals surface area contributed by atoms with Crippen molar-refractivity contribution in [3.8, 4) is 11.5 Å². The highest BCUT2D eigenvalue weighted by Crippen LogP contribution is 2.28. The smallest absolute Gasteiger partial charge is 0.264 e. The van der Waals surface area contributed by atoms with E-state index in [0.29, 0.717) is 30.0 Å². The van der Waals surface area contributed by atoms with Gasteiger partial charge in [-0.05, 0) is 79.6 Å². The lowest BCUT2D eigenvalue weighted by molar-refractivity contribution is -0.139. The van der Waals surface area contributed by atoms with Crippen LogP contribution in [-0.4, -0.2) is 44.3 Å². The van der Waals surface area contributed by atoms with Gasteiger partial charge in [0.2, 0.25) is 11.8 Å². The van der Waals surface area contributed by atoms with Crippen molar-refractivity contribution in [2.45, 2.75) is 37.8 Å². The van der Waals surface area contributed by atoms with Crippen LogP contribution in [0.2, 0.25) is 0 Å². The molecule has 10 heteroatoms. The zero-order valence-corrected chi connectivity index (χ0v) is 24.8. The van der Waals surface area contributed by atoms with Crippen LogP contribution < -0.4 is 14.4 Å². The van der Waals surface area contributed by atoms with Gasteiger partial charge in [-0.2, -0.15) is 0 Å². The first kappa shape index (κ1) is 31.2. The summed E-state index contributed by atoms with van der Waals surface area (Å²) in [5.74, 6) is -0.316. The van der Waals surface area contributed by atoms with E-state index >= 15 is 0 Å². The molecule has 0 saturated heterocycles. The molecule has 8 nitrogen and oxygen atoms in total. The average molecular weight is 604 g/mol. The molecule has 1 N–H and O–H groups in total. The van der Waals surface area contributed by atoms with Gasteiger partial charge in [-0.25, -0.2) is 12.8 Å². The molecule has 0 fully saturated rings. The molecule has 0 aliphatic carbocycles. The highest BCUT2D eigenvalue weighted by atomic mass is 32.2. The number of halogens is 1. The van der Waals surface area contributed by atoms with Gasteiger partial charge in [-0.3, -0.25) is 13.9 Å². The van der Waals surface area contributed by atoms with Crippen molar-refractivity contribution in [3.63, 3.8) is 0 Å². The van der Waals surface area contributed by atoms with Gasteiger partial charge in [-0.1, -0.05) is 55.5 Å². The fourth-order valence-electron chi connectivity index (χ4n) is 4.32. The Morgan fingerprint density at radius 1 is 0.837 bits per heavy atom. The third-order valence-corrected chi connectivity index (χ3v) is 8.48. The van der Waals surface area contributed by atoms with Gasteiger partial charge in [0.1, 0.15) is 29.9 Å². The van der Waals surface area contributed by atoms with Gasteiger partial charge in [0.15, 0.2) is 0 Å². The molecule has 1 atom stereocenters. The second-order valence-electron chi connectivity index (χ2n) is 9.85. The zero-order chi connectivity index (χ0) is 30.8. The number of sulfonamides is 1. The van der Waals surface area contributed by atoms with Gasteiger partial charge in [0.25, 0.3) is 10.0 Å². The maximum absolute atomic E-state index is 13.9. The van der Waals surface area contributed by atoms with E-state index in [-0.39, 0.29) is 23.0 Å². The maximum atomic E-state index is 13.9. The molecule has 0 bridgehead atoms. The number of anilines is 1. The Morgan fingerprint density at radius 3 is 2.02 bits per heavy atom. The van der Waals surface area contributed by atoms with Crippen LogP contribution in [0.4, 0.5) is 10.1 Å². The number of nitrogens with zero attached hydrogens (tertiary/aromatic N) is 2. The van der Waals surface area contributed by atoms with Crippen molar-refractivity contribution >= 4 is 27.5 Å². The van der Waals surface area contributed by atoms with E-state index < -0.39 is 34.3 Å². The van der Waals surface area contributed by atoms with Crippen LogP contribution in [0.25, 0.3) is 0 Å². The molecule has 224 valence electrons. The van der Waals surface area contributed by atoms with E-state index in [1.165, 1.54) is 41.3 Å². The summed E-state index contributed by atoms with van der Waals surface area (Å²) in [4.78, 5) is 28.2. The van der Waals surface area contributed by atoms with Gasteiger partial charge < -0.3 is 15.0 Å². The van der Waals surface area contributed by atoms with Crippen molar-refractivity contribution in [1.82, 2.24) is 10.2 Å². The molecule has 4 aromatic carbocycles. The minimum atomic E-state index is -4.20. The maximum Gasteiger partial charge on any atom is 0.264 e. The molecule has 0 unspecified atom stereocenters. The molecule has 0 aromatic heterocycles. The average Bonchev–Trinajstić information content (AvgIpc) is 3.03. The fraction of sp³-hybridized carbons (Fsp3) is 0.212. The minimum absolute atomic E-state index is 0.00577. The summed E-state index contributed by atoms with van der Waals surface area (Å²) in [6.45, 7) is 3.31. The van der Waals surface area contributed by atoms with Crippen LogP contribution in [0.5, 0.6) is 11.5 Å². The van der Waals surface area contributed by atoms with Crippen molar-refractivity contribution in [1.29, 1.82) is 0 Å². The normalized spacial score (nSPS) is 11.8. The Kier molecular flexibility index (Phi) is 10.5. The van der Waals surface area contributed by atoms with Gasteiger partial charge in [-0.15, -0.1) is 0 Å². The van der Waals surface area contributed by atoms with Crippen LogP contribution in [0.15, 0.2) is 114 Å². The van der Waals surface area contributed by atoms with Crippen molar-refractivity contribution in [2.75, 3.05) is 17.4 Å². The summed E-state index contributed by atoms with van der Waals surface area (Å²) >= 11 is 0. The van der Waals surface area contributed by atoms with Crippen LogP contribution in [0.3, 0.4) is 0 Å².